The van der Waals surface area contributed by atoms with Gasteiger partial charge in [0.2, 0.25) is 5.91 Å². The Labute approximate surface area is 110 Å². The number of amides is 1. The lowest BCUT2D eigenvalue weighted by Gasteiger charge is -2.32. The number of thioether (sulfide) groups is 1. The number of likely N-dealkylation sites (N-methyl/N-ethyl adjacent to an activating group) is 1. The molecule has 1 aliphatic heterocycles. The van der Waals surface area contributed by atoms with Crippen LogP contribution in [0.25, 0.3) is 0 Å². The van der Waals surface area contributed by atoms with E-state index in [2.05, 4.69) is 19.2 Å². The number of nitrogens with one attached hydrogen (secondary N) is 1. The molecule has 1 saturated heterocycles. The molecular formula is C13H26N2OS. The third kappa shape index (κ3) is 4.18. The van der Waals surface area contributed by atoms with Gasteiger partial charge in [0.25, 0.3) is 0 Å². The monoisotopic (exact) mass is 258 g/mol. The summed E-state index contributed by atoms with van der Waals surface area (Å²) in [6.45, 7) is 13.1. The lowest BCUT2D eigenvalue weighted by atomic mass is 10.0. The van der Waals surface area contributed by atoms with Gasteiger partial charge in [-0.1, -0.05) is 20.8 Å². The lowest BCUT2D eigenvalue weighted by molar-refractivity contribution is -0.136. The van der Waals surface area contributed by atoms with Gasteiger partial charge in [0.05, 0.1) is 5.54 Å². The molecule has 1 amide bonds. The second-order valence-corrected chi connectivity index (χ2v) is 7.61. The molecule has 3 nitrogen and oxygen atoms in total. The van der Waals surface area contributed by atoms with Crippen molar-refractivity contribution in [3.63, 3.8) is 0 Å². The molecule has 1 N–H and O–H groups in total. The molecule has 1 aliphatic rings. The average molecular weight is 258 g/mol. The number of carbonyl (C=O) groups excluding carboxylic acids is 1. The number of rotatable bonds is 3. The Morgan fingerprint density at radius 1 is 1.41 bits per heavy atom. The van der Waals surface area contributed by atoms with Crippen molar-refractivity contribution < 1.29 is 4.79 Å². The van der Waals surface area contributed by atoms with E-state index in [1.165, 1.54) is 0 Å². The summed E-state index contributed by atoms with van der Waals surface area (Å²) in [4.78, 5) is 14.4. The Hall–Kier alpha value is -0.220. The second kappa shape index (κ2) is 5.61. The molecule has 0 unspecified atom stereocenters. The van der Waals surface area contributed by atoms with Crippen LogP contribution < -0.4 is 5.32 Å². The Morgan fingerprint density at radius 3 is 2.65 bits per heavy atom. The largest absolute Gasteiger partial charge is 0.340 e. The van der Waals surface area contributed by atoms with Crippen LogP contribution in [0.3, 0.4) is 0 Å². The van der Waals surface area contributed by atoms with Crippen LogP contribution in [-0.4, -0.2) is 46.5 Å². The molecular weight excluding hydrogens is 232 g/mol. The van der Waals surface area contributed by atoms with Crippen LogP contribution >= 0.6 is 11.8 Å². The third-order valence-electron chi connectivity index (χ3n) is 3.28. The van der Waals surface area contributed by atoms with Crippen molar-refractivity contribution in [3.05, 3.63) is 0 Å². The molecule has 0 aromatic heterocycles. The van der Waals surface area contributed by atoms with Gasteiger partial charge in [-0.3, -0.25) is 4.79 Å². The van der Waals surface area contributed by atoms with Gasteiger partial charge in [0.1, 0.15) is 0 Å². The highest BCUT2D eigenvalue weighted by Crippen LogP contribution is 2.31. The van der Waals surface area contributed by atoms with Crippen molar-refractivity contribution in [2.45, 2.75) is 51.3 Å². The van der Waals surface area contributed by atoms with Crippen LogP contribution in [0, 0.1) is 0 Å². The van der Waals surface area contributed by atoms with Gasteiger partial charge in [-0.2, -0.15) is 11.8 Å². The van der Waals surface area contributed by atoms with Crippen LogP contribution in [0.15, 0.2) is 0 Å². The predicted molar refractivity (Wildman–Crippen MR) is 75.5 cm³/mol. The fraction of sp³-hybridized carbons (Fsp3) is 0.923. The van der Waals surface area contributed by atoms with Crippen LogP contribution in [-0.2, 0) is 4.79 Å². The number of nitrogens with zero attached hydrogens (tertiary/aromatic N) is 1. The zero-order valence-electron chi connectivity index (χ0n) is 11.8. The van der Waals surface area contributed by atoms with Crippen molar-refractivity contribution in [2.24, 2.45) is 0 Å². The molecule has 17 heavy (non-hydrogen) atoms. The molecule has 1 rings (SSSR count). The number of carbonyl (C=O) groups is 1. The summed E-state index contributed by atoms with van der Waals surface area (Å²) in [7, 11) is 0. The van der Waals surface area contributed by atoms with Gasteiger partial charge >= 0.3 is 0 Å². The summed E-state index contributed by atoms with van der Waals surface area (Å²) in [6, 6.07) is 0. The van der Waals surface area contributed by atoms with Crippen LogP contribution in [0.1, 0.15) is 41.0 Å². The van der Waals surface area contributed by atoms with Gasteiger partial charge < -0.3 is 10.2 Å². The highest BCUT2D eigenvalue weighted by Gasteiger charge is 2.33. The molecule has 0 radical (unpaired) electrons. The van der Waals surface area contributed by atoms with E-state index >= 15 is 0 Å². The van der Waals surface area contributed by atoms with Crippen LogP contribution in [0.4, 0.5) is 0 Å². The summed E-state index contributed by atoms with van der Waals surface area (Å²) in [5.41, 5.74) is -0.437. The average Bonchev–Trinajstić information content (AvgIpc) is 2.38. The second-order valence-electron chi connectivity index (χ2n) is 5.81. The van der Waals surface area contributed by atoms with Gasteiger partial charge in [-0.15, -0.1) is 0 Å². The van der Waals surface area contributed by atoms with Crippen molar-refractivity contribution in [1.29, 1.82) is 0 Å². The van der Waals surface area contributed by atoms with E-state index < -0.39 is 5.54 Å². The van der Waals surface area contributed by atoms with E-state index in [9.17, 15) is 4.79 Å². The third-order valence-corrected chi connectivity index (χ3v) is 4.65. The topological polar surface area (TPSA) is 32.3 Å². The summed E-state index contributed by atoms with van der Waals surface area (Å²) >= 11 is 1.97. The molecule has 0 aliphatic carbocycles. The van der Waals surface area contributed by atoms with E-state index in [1.807, 2.05) is 37.4 Å². The number of hydrogen-bond donors (Lipinski definition) is 1. The minimum Gasteiger partial charge on any atom is -0.340 e. The highest BCUT2D eigenvalue weighted by molar-refractivity contribution is 8.00. The standard InChI is InChI=1S/C13H26N2OS/c1-6-14-13(4,5)11(16)15-8-7-12(2,3)17-10-9-15/h14H,6-10H2,1-5H3. The molecule has 0 aromatic carbocycles. The molecule has 0 bridgehead atoms. The summed E-state index contributed by atoms with van der Waals surface area (Å²) in [6.07, 6.45) is 1.08. The van der Waals surface area contributed by atoms with Crippen LogP contribution in [0.5, 0.6) is 0 Å². The Morgan fingerprint density at radius 2 is 2.06 bits per heavy atom. The zero-order valence-corrected chi connectivity index (χ0v) is 12.6. The van der Waals surface area contributed by atoms with Crippen molar-refractivity contribution >= 4 is 17.7 Å². The Kier molecular flexibility index (Phi) is 4.90. The maximum Gasteiger partial charge on any atom is 0.242 e. The first-order chi connectivity index (χ1) is 7.78. The first-order valence-corrected chi connectivity index (χ1v) is 7.45. The van der Waals surface area contributed by atoms with Crippen molar-refractivity contribution in [2.75, 3.05) is 25.4 Å². The van der Waals surface area contributed by atoms with Gasteiger partial charge in [0.15, 0.2) is 0 Å². The first kappa shape index (κ1) is 14.8. The van der Waals surface area contributed by atoms with Gasteiger partial charge in [0, 0.05) is 23.6 Å². The Bertz CT molecular complexity index is 277. The van der Waals surface area contributed by atoms with Crippen molar-refractivity contribution in [1.82, 2.24) is 10.2 Å². The Balaban J connectivity index is 2.64. The number of hydrogen-bond acceptors (Lipinski definition) is 3. The van der Waals surface area contributed by atoms with E-state index in [0.717, 1.165) is 31.8 Å². The zero-order chi connectivity index (χ0) is 13.1. The quantitative estimate of drug-likeness (QED) is 0.841. The maximum absolute atomic E-state index is 12.4. The summed E-state index contributed by atoms with van der Waals surface area (Å²) < 4.78 is 0.303. The highest BCUT2D eigenvalue weighted by atomic mass is 32.2. The normalized spacial score (nSPS) is 21.1. The first-order valence-electron chi connectivity index (χ1n) is 6.47. The molecule has 1 heterocycles. The van der Waals surface area contributed by atoms with E-state index in [0.29, 0.717) is 4.75 Å². The minimum atomic E-state index is -0.437. The predicted octanol–water partition coefficient (Wildman–Crippen LogP) is 2.12. The van der Waals surface area contributed by atoms with Gasteiger partial charge in [-0.05, 0) is 26.8 Å². The molecule has 0 spiro atoms. The molecule has 4 heteroatoms. The molecule has 100 valence electrons. The smallest absolute Gasteiger partial charge is 0.242 e. The van der Waals surface area contributed by atoms with Crippen LogP contribution in [0.2, 0.25) is 0 Å². The fourth-order valence-corrected chi connectivity index (χ4v) is 3.24. The SMILES string of the molecule is CCNC(C)(C)C(=O)N1CCSC(C)(C)CC1. The maximum atomic E-state index is 12.4. The molecule has 1 fully saturated rings. The lowest BCUT2D eigenvalue weighted by Crippen LogP contribution is -2.54. The minimum absolute atomic E-state index is 0.234. The van der Waals surface area contributed by atoms with Crippen molar-refractivity contribution in [3.8, 4) is 0 Å². The van der Waals surface area contributed by atoms with Gasteiger partial charge in [-0.25, -0.2) is 0 Å². The van der Waals surface area contributed by atoms with E-state index in [-0.39, 0.29) is 5.91 Å². The summed E-state index contributed by atoms with van der Waals surface area (Å²) in [5.74, 6) is 1.28. The van der Waals surface area contributed by atoms with E-state index in [1.54, 1.807) is 0 Å². The fourth-order valence-electron chi connectivity index (χ4n) is 2.14. The summed E-state index contributed by atoms with van der Waals surface area (Å²) in [5, 5.41) is 3.26. The molecule has 0 atom stereocenters. The van der Waals surface area contributed by atoms with E-state index in [4.69, 9.17) is 0 Å². The molecule has 0 aromatic rings. The molecule has 0 saturated carbocycles.